The third-order valence-electron chi connectivity index (χ3n) is 9.75. The molecule has 9 unspecified atom stereocenters. The van der Waals surface area contributed by atoms with Crippen molar-refractivity contribution in [1.82, 2.24) is 0 Å². The van der Waals surface area contributed by atoms with Crippen molar-refractivity contribution in [2.75, 3.05) is 6.61 Å². The molecular formula is C30H47O10S-. The number of carbonyl (C=O) groups excluding carboxylic acids is 4. The normalized spacial score (nSPS) is 40.2. The van der Waals surface area contributed by atoms with Gasteiger partial charge in [0.25, 0.3) is 0 Å². The second kappa shape index (κ2) is 14.1. The second-order valence-electron chi connectivity index (χ2n) is 12.6. The topological polar surface area (TPSA) is 153 Å². The van der Waals surface area contributed by atoms with E-state index in [2.05, 4.69) is 0 Å². The summed E-state index contributed by atoms with van der Waals surface area (Å²) in [5.41, 5.74) is 0. The van der Waals surface area contributed by atoms with E-state index in [9.17, 15) is 32.1 Å². The van der Waals surface area contributed by atoms with Gasteiger partial charge in [0, 0.05) is 36.2 Å². The molecule has 2 aliphatic heterocycles. The summed E-state index contributed by atoms with van der Waals surface area (Å²) >= 11 is 0. The van der Waals surface area contributed by atoms with Gasteiger partial charge in [-0.2, -0.15) is 0 Å². The molecule has 0 aromatic carbocycles. The van der Waals surface area contributed by atoms with Crippen LogP contribution in [0.25, 0.3) is 0 Å². The van der Waals surface area contributed by atoms with Gasteiger partial charge in [-0.25, -0.2) is 8.42 Å². The zero-order valence-corrected chi connectivity index (χ0v) is 26.0. The van der Waals surface area contributed by atoms with Crippen LogP contribution in [0, 0.1) is 41.4 Å². The van der Waals surface area contributed by atoms with Gasteiger partial charge in [-0.1, -0.05) is 27.7 Å². The van der Waals surface area contributed by atoms with E-state index in [0.29, 0.717) is 38.7 Å². The van der Waals surface area contributed by atoms with Crippen molar-refractivity contribution >= 4 is 33.6 Å². The van der Waals surface area contributed by atoms with Crippen molar-refractivity contribution in [2.45, 2.75) is 116 Å². The second-order valence-corrected chi connectivity index (χ2v) is 14.3. The fourth-order valence-corrected chi connectivity index (χ4v) is 7.68. The average Bonchev–Trinajstić information content (AvgIpc) is 2.94. The van der Waals surface area contributed by atoms with Crippen LogP contribution in [0.3, 0.4) is 0 Å². The van der Waals surface area contributed by atoms with Crippen LogP contribution in [-0.2, 0) is 43.5 Å². The van der Waals surface area contributed by atoms with Crippen LogP contribution in [-0.4, -0.2) is 66.6 Å². The number of carbonyl (C=O) groups is 4. The summed E-state index contributed by atoms with van der Waals surface area (Å²) in [5, 5.41) is -1.40. The minimum absolute atomic E-state index is 0.0172. The van der Waals surface area contributed by atoms with Crippen LogP contribution in [0.15, 0.2) is 0 Å². The van der Waals surface area contributed by atoms with Crippen molar-refractivity contribution in [2.24, 2.45) is 41.4 Å². The smallest absolute Gasteiger partial charge is 0.309 e. The summed E-state index contributed by atoms with van der Waals surface area (Å²) in [6.07, 6.45) is 0.498. The third kappa shape index (κ3) is 8.16. The molecule has 2 saturated carbocycles. The highest BCUT2D eigenvalue weighted by molar-refractivity contribution is 7.86. The maximum absolute atomic E-state index is 13.9. The first kappa shape index (κ1) is 33.6. The average molecular weight is 600 g/mol. The Labute approximate surface area is 244 Å². The number of hydrogen-bond acceptors (Lipinski definition) is 10. The zero-order chi connectivity index (χ0) is 30.6. The van der Waals surface area contributed by atoms with Gasteiger partial charge in [0.1, 0.15) is 23.8 Å². The van der Waals surface area contributed by atoms with Gasteiger partial charge in [0.05, 0.1) is 33.3 Å². The van der Waals surface area contributed by atoms with Crippen LogP contribution >= 0.6 is 0 Å². The Morgan fingerprint density at radius 1 is 0.732 bits per heavy atom. The molecule has 0 aromatic rings. The molecule has 0 spiro atoms. The van der Waals surface area contributed by atoms with Crippen LogP contribution in [0.2, 0.25) is 0 Å². The highest BCUT2D eigenvalue weighted by Crippen LogP contribution is 2.39. The lowest BCUT2D eigenvalue weighted by molar-refractivity contribution is -0.166. The van der Waals surface area contributed by atoms with E-state index >= 15 is 0 Å². The van der Waals surface area contributed by atoms with Crippen molar-refractivity contribution in [1.29, 1.82) is 0 Å². The molecule has 41 heavy (non-hydrogen) atoms. The Hall–Kier alpha value is -1.85. The lowest BCUT2D eigenvalue weighted by atomic mass is 9.72. The molecule has 0 radical (unpaired) electrons. The number of fused-ring (bicyclic) bond motifs is 12. The molecule has 2 heterocycles. The predicted octanol–water partition coefficient (Wildman–Crippen LogP) is 3.84. The third-order valence-corrected chi connectivity index (χ3v) is 11.0. The van der Waals surface area contributed by atoms with Crippen LogP contribution in [0.1, 0.15) is 92.9 Å². The maximum atomic E-state index is 13.9. The van der Waals surface area contributed by atoms with Gasteiger partial charge in [-0.3, -0.25) is 19.2 Å². The number of Topliss-reactive ketones (excluding diaryl/α,β-unsaturated/α-hetero) is 2. The number of hydrogen-bond donors (Lipinski definition) is 0. The minimum atomic E-state index is -4.78. The monoisotopic (exact) mass is 599 g/mol. The van der Waals surface area contributed by atoms with E-state index in [-0.39, 0.29) is 54.6 Å². The summed E-state index contributed by atoms with van der Waals surface area (Å²) in [5.74, 6) is -5.48. The van der Waals surface area contributed by atoms with Gasteiger partial charge in [-0.05, 0) is 65.2 Å². The predicted molar refractivity (Wildman–Crippen MR) is 148 cm³/mol. The van der Waals surface area contributed by atoms with Crippen LogP contribution in [0.5, 0.6) is 0 Å². The molecule has 2 saturated heterocycles. The summed E-state index contributed by atoms with van der Waals surface area (Å²) in [7, 11) is -4.78. The van der Waals surface area contributed by atoms with Gasteiger partial charge in [-0.15, -0.1) is 0 Å². The lowest BCUT2D eigenvalue weighted by Gasteiger charge is -2.38. The van der Waals surface area contributed by atoms with E-state index in [0.717, 1.165) is 0 Å². The summed E-state index contributed by atoms with van der Waals surface area (Å²) in [4.78, 5) is 53.7. The summed E-state index contributed by atoms with van der Waals surface area (Å²) in [6, 6.07) is 0. The van der Waals surface area contributed by atoms with Gasteiger partial charge < -0.3 is 18.8 Å². The molecule has 2 aliphatic carbocycles. The van der Waals surface area contributed by atoms with Crippen molar-refractivity contribution in [3.8, 4) is 0 Å². The van der Waals surface area contributed by atoms with Gasteiger partial charge in [0.15, 0.2) is 0 Å². The first-order valence-corrected chi connectivity index (χ1v) is 16.7. The number of ketones is 2. The van der Waals surface area contributed by atoms with Crippen LogP contribution in [0.4, 0.5) is 0 Å². The lowest BCUT2D eigenvalue weighted by Crippen LogP contribution is -2.45. The fourth-order valence-electron chi connectivity index (χ4n) is 6.74. The molecule has 0 N–H and O–H groups in total. The van der Waals surface area contributed by atoms with Gasteiger partial charge in [0.2, 0.25) is 0 Å². The highest BCUT2D eigenvalue weighted by Gasteiger charge is 2.45. The number of ether oxygens (including phenoxy) is 3. The van der Waals surface area contributed by atoms with Crippen molar-refractivity contribution < 1.29 is 46.4 Å². The molecule has 0 aromatic heterocycles. The SMILES string of the molecule is CCCOC1C(C)C(=O)C2CCC(CC2)C(=O)OC(C)C(C)C(C)OC(=O)C2CC(CC(S(=O)(=O)[O-])C2)C(=O)C1C. The molecule has 11 heteroatoms. The highest BCUT2D eigenvalue weighted by atomic mass is 32.2. The van der Waals surface area contributed by atoms with Crippen molar-refractivity contribution in [3.05, 3.63) is 0 Å². The zero-order valence-electron chi connectivity index (χ0n) is 25.2. The molecule has 4 bridgehead atoms. The first-order valence-electron chi connectivity index (χ1n) is 15.2. The summed E-state index contributed by atoms with van der Waals surface area (Å²) in [6.45, 7) is 10.9. The Morgan fingerprint density at radius 2 is 1.20 bits per heavy atom. The van der Waals surface area contributed by atoms with E-state index < -0.39 is 63.3 Å². The minimum Gasteiger partial charge on any atom is -0.748 e. The first-order chi connectivity index (χ1) is 19.1. The molecule has 9 atom stereocenters. The largest absolute Gasteiger partial charge is 0.748 e. The molecule has 10 nitrogen and oxygen atoms in total. The van der Waals surface area contributed by atoms with Crippen LogP contribution < -0.4 is 0 Å². The number of esters is 2. The van der Waals surface area contributed by atoms with Gasteiger partial charge >= 0.3 is 11.9 Å². The van der Waals surface area contributed by atoms with E-state index in [1.54, 1.807) is 34.6 Å². The molecule has 0 amide bonds. The molecular weight excluding hydrogens is 552 g/mol. The fraction of sp³-hybridized carbons (Fsp3) is 0.867. The quantitative estimate of drug-likeness (QED) is 0.344. The Kier molecular flexibility index (Phi) is 11.6. The van der Waals surface area contributed by atoms with Crippen molar-refractivity contribution in [3.63, 3.8) is 0 Å². The molecule has 234 valence electrons. The van der Waals surface area contributed by atoms with E-state index in [1.807, 2.05) is 6.92 Å². The number of rotatable bonds is 4. The summed E-state index contributed by atoms with van der Waals surface area (Å²) < 4.78 is 53.8. The van der Waals surface area contributed by atoms with E-state index in [4.69, 9.17) is 14.2 Å². The molecule has 4 fully saturated rings. The molecule has 4 rings (SSSR count). The Bertz CT molecular complexity index is 1060. The molecule has 4 aliphatic rings. The Morgan fingerprint density at radius 3 is 1.71 bits per heavy atom. The maximum Gasteiger partial charge on any atom is 0.309 e. The standard InChI is InChI=1S/C30H48O10S/c1-7-12-38-28-17(3)26(31)21-8-10-22(11-9-21)29(33)39-19(5)16(2)20(6)40-30(34)24-13-23(27(32)18(28)4)14-25(15-24)41(35,36)37/h16-25,28H,7-15H2,1-6H3,(H,35,36,37)/p-1. The van der Waals surface area contributed by atoms with E-state index in [1.165, 1.54) is 0 Å². The Balaban J connectivity index is 1.98.